The molecular formula is C11H18ClN3O3S. The molecule has 2 rings (SSSR count). The first-order valence-electron chi connectivity index (χ1n) is 6.26. The summed E-state index contributed by atoms with van der Waals surface area (Å²) in [6.45, 7) is 2.56. The highest BCUT2D eigenvalue weighted by Crippen LogP contribution is 2.26. The Hall–Kier alpha value is -0.790. The molecule has 1 fully saturated rings. The van der Waals surface area contributed by atoms with Gasteiger partial charge in [0, 0.05) is 6.61 Å². The Morgan fingerprint density at radius 3 is 2.79 bits per heavy atom. The maximum atomic E-state index is 11.8. The molecule has 1 aromatic rings. The van der Waals surface area contributed by atoms with Crippen LogP contribution in [0.5, 0.6) is 0 Å². The van der Waals surface area contributed by atoms with Crippen molar-refractivity contribution in [2.45, 2.75) is 26.2 Å². The standard InChI is InChI=1S/C11H18ClN3O3S/c1-8-10(12)11(14-13-8)15-19(16,17)6-5-18-7-9-3-2-4-9/h9H,2-7H2,1H3,(H2,13,14,15). The fraction of sp³-hybridized carbons (Fsp3) is 0.727. The van der Waals surface area contributed by atoms with Gasteiger partial charge in [0.2, 0.25) is 10.0 Å². The topological polar surface area (TPSA) is 84.1 Å². The maximum absolute atomic E-state index is 11.8. The van der Waals surface area contributed by atoms with Crippen LogP contribution in [0.1, 0.15) is 25.0 Å². The van der Waals surface area contributed by atoms with E-state index in [0.29, 0.717) is 23.2 Å². The third-order valence-electron chi connectivity index (χ3n) is 3.20. The SMILES string of the molecule is Cc1[nH]nc(NS(=O)(=O)CCOCC2CCC2)c1Cl. The quantitative estimate of drug-likeness (QED) is 0.754. The number of ether oxygens (including phenoxy) is 1. The lowest BCUT2D eigenvalue weighted by molar-refractivity contribution is 0.0800. The molecule has 0 amide bonds. The zero-order valence-electron chi connectivity index (χ0n) is 10.8. The lowest BCUT2D eigenvalue weighted by atomic mass is 9.86. The van der Waals surface area contributed by atoms with Crippen LogP contribution in [0.15, 0.2) is 0 Å². The highest BCUT2D eigenvalue weighted by Gasteiger charge is 2.19. The van der Waals surface area contributed by atoms with E-state index in [9.17, 15) is 8.42 Å². The Kier molecular flexibility index (Phi) is 4.70. The molecule has 0 atom stereocenters. The van der Waals surface area contributed by atoms with Crippen LogP contribution in [0.4, 0.5) is 5.82 Å². The van der Waals surface area contributed by atoms with Gasteiger partial charge in [0.15, 0.2) is 5.82 Å². The molecule has 8 heteroatoms. The molecule has 19 heavy (non-hydrogen) atoms. The second kappa shape index (κ2) is 6.11. The number of aryl methyl sites for hydroxylation is 1. The van der Waals surface area contributed by atoms with Gasteiger partial charge in [0.1, 0.15) is 5.02 Å². The van der Waals surface area contributed by atoms with Crippen LogP contribution in [0.3, 0.4) is 0 Å². The molecule has 1 aliphatic rings. The smallest absolute Gasteiger partial charge is 0.236 e. The summed E-state index contributed by atoms with van der Waals surface area (Å²) in [6, 6.07) is 0. The van der Waals surface area contributed by atoms with Crippen molar-refractivity contribution in [3.8, 4) is 0 Å². The summed E-state index contributed by atoms with van der Waals surface area (Å²) >= 11 is 5.89. The van der Waals surface area contributed by atoms with E-state index in [4.69, 9.17) is 16.3 Å². The molecule has 1 aliphatic carbocycles. The van der Waals surface area contributed by atoms with Crippen LogP contribution in [-0.4, -0.2) is 37.6 Å². The molecule has 1 heterocycles. The molecule has 2 N–H and O–H groups in total. The summed E-state index contributed by atoms with van der Waals surface area (Å²) in [5.41, 5.74) is 0.626. The molecular weight excluding hydrogens is 290 g/mol. The Bertz CT molecular complexity index is 525. The highest BCUT2D eigenvalue weighted by atomic mass is 35.5. The molecule has 0 bridgehead atoms. The number of rotatable bonds is 7. The first-order valence-corrected chi connectivity index (χ1v) is 8.29. The highest BCUT2D eigenvalue weighted by molar-refractivity contribution is 7.92. The molecule has 0 aromatic carbocycles. The van der Waals surface area contributed by atoms with Gasteiger partial charge < -0.3 is 4.74 Å². The van der Waals surface area contributed by atoms with Crippen LogP contribution < -0.4 is 4.72 Å². The monoisotopic (exact) mass is 307 g/mol. The zero-order valence-corrected chi connectivity index (χ0v) is 12.4. The Labute approximate surface area is 117 Å². The molecule has 0 unspecified atom stereocenters. The van der Waals surface area contributed by atoms with Crippen molar-refractivity contribution in [1.29, 1.82) is 0 Å². The van der Waals surface area contributed by atoms with E-state index in [1.54, 1.807) is 6.92 Å². The summed E-state index contributed by atoms with van der Waals surface area (Å²) < 4.78 is 31.3. The van der Waals surface area contributed by atoms with Gasteiger partial charge >= 0.3 is 0 Å². The maximum Gasteiger partial charge on any atom is 0.236 e. The summed E-state index contributed by atoms with van der Waals surface area (Å²) in [5, 5.41) is 6.70. The lowest BCUT2D eigenvalue weighted by Crippen LogP contribution is -2.23. The summed E-state index contributed by atoms with van der Waals surface area (Å²) in [6.07, 6.45) is 3.63. The fourth-order valence-electron chi connectivity index (χ4n) is 1.76. The molecule has 6 nitrogen and oxygen atoms in total. The summed E-state index contributed by atoms with van der Waals surface area (Å²) in [4.78, 5) is 0. The van der Waals surface area contributed by atoms with E-state index < -0.39 is 10.0 Å². The number of H-pyrrole nitrogens is 1. The summed E-state index contributed by atoms with van der Waals surface area (Å²) in [7, 11) is -3.47. The molecule has 0 saturated heterocycles. The third-order valence-corrected chi connectivity index (χ3v) is 4.87. The van der Waals surface area contributed by atoms with Gasteiger partial charge in [0.05, 0.1) is 18.1 Å². The molecule has 108 valence electrons. The molecule has 1 aromatic heterocycles. The Morgan fingerprint density at radius 2 is 2.26 bits per heavy atom. The fourth-order valence-corrected chi connectivity index (χ4v) is 2.83. The Morgan fingerprint density at radius 1 is 1.53 bits per heavy atom. The van der Waals surface area contributed by atoms with E-state index >= 15 is 0 Å². The average Bonchev–Trinajstić information content (AvgIpc) is 2.58. The van der Waals surface area contributed by atoms with Gasteiger partial charge in [-0.2, -0.15) is 5.10 Å². The number of hydrogen-bond donors (Lipinski definition) is 2. The van der Waals surface area contributed by atoms with Crippen LogP contribution in [-0.2, 0) is 14.8 Å². The van der Waals surface area contributed by atoms with E-state index in [1.807, 2.05) is 0 Å². The Balaban J connectivity index is 1.76. The van der Waals surface area contributed by atoms with Gasteiger partial charge in [-0.25, -0.2) is 8.42 Å². The van der Waals surface area contributed by atoms with E-state index in [2.05, 4.69) is 14.9 Å². The van der Waals surface area contributed by atoms with Crippen LogP contribution >= 0.6 is 11.6 Å². The largest absolute Gasteiger partial charge is 0.380 e. The average molecular weight is 308 g/mol. The third kappa shape index (κ3) is 4.09. The lowest BCUT2D eigenvalue weighted by Gasteiger charge is -2.24. The van der Waals surface area contributed by atoms with E-state index in [0.717, 1.165) is 0 Å². The van der Waals surface area contributed by atoms with Gasteiger partial charge in [-0.1, -0.05) is 18.0 Å². The van der Waals surface area contributed by atoms with E-state index in [1.165, 1.54) is 19.3 Å². The van der Waals surface area contributed by atoms with Gasteiger partial charge in [-0.3, -0.25) is 9.82 Å². The minimum Gasteiger partial charge on any atom is -0.380 e. The van der Waals surface area contributed by atoms with Crippen LogP contribution in [0.25, 0.3) is 0 Å². The number of aromatic nitrogens is 2. The van der Waals surface area contributed by atoms with Crippen molar-refractivity contribution < 1.29 is 13.2 Å². The number of hydrogen-bond acceptors (Lipinski definition) is 4. The molecule has 0 radical (unpaired) electrons. The van der Waals surface area contributed by atoms with E-state index in [-0.39, 0.29) is 18.2 Å². The van der Waals surface area contributed by atoms with Gasteiger partial charge in [0.25, 0.3) is 0 Å². The summed E-state index contributed by atoms with van der Waals surface area (Å²) in [5.74, 6) is 0.652. The molecule has 0 spiro atoms. The zero-order chi connectivity index (χ0) is 13.9. The molecule has 1 saturated carbocycles. The minimum absolute atomic E-state index is 0.0953. The second-order valence-corrected chi connectivity index (χ2v) is 7.02. The number of anilines is 1. The van der Waals surface area contributed by atoms with Crippen molar-refractivity contribution >= 4 is 27.4 Å². The van der Waals surface area contributed by atoms with Crippen LogP contribution in [0, 0.1) is 12.8 Å². The van der Waals surface area contributed by atoms with Crippen molar-refractivity contribution in [2.75, 3.05) is 23.7 Å². The van der Waals surface area contributed by atoms with Crippen LogP contribution in [0.2, 0.25) is 5.02 Å². The minimum atomic E-state index is -3.47. The van der Waals surface area contributed by atoms with Gasteiger partial charge in [-0.15, -0.1) is 0 Å². The number of sulfonamides is 1. The number of halogens is 1. The number of nitrogens with one attached hydrogen (secondary N) is 2. The molecule has 0 aliphatic heterocycles. The number of aromatic amines is 1. The predicted molar refractivity (Wildman–Crippen MR) is 73.9 cm³/mol. The second-order valence-electron chi connectivity index (χ2n) is 4.80. The van der Waals surface area contributed by atoms with Crippen molar-refractivity contribution in [3.05, 3.63) is 10.7 Å². The first-order chi connectivity index (χ1) is 8.98. The normalized spacial score (nSPS) is 16.3. The van der Waals surface area contributed by atoms with Crippen molar-refractivity contribution in [2.24, 2.45) is 5.92 Å². The van der Waals surface area contributed by atoms with Gasteiger partial charge in [-0.05, 0) is 25.7 Å². The van der Waals surface area contributed by atoms with Crippen molar-refractivity contribution in [3.63, 3.8) is 0 Å². The number of nitrogens with zero attached hydrogens (tertiary/aromatic N) is 1. The van der Waals surface area contributed by atoms with Crippen molar-refractivity contribution in [1.82, 2.24) is 10.2 Å². The predicted octanol–water partition coefficient (Wildman–Crippen LogP) is 1.93. The first kappa shape index (κ1) is 14.6.